The minimum atomic E-state index is -0.396. The quantitative estimate of drug-likeness (QED) is 0.798. The van der Waals surface area contributed by atoms with Crippen molar-refractivity contribution in [3.63, 3.8) is 0 Å². The Hall–Kier alpha value is -3.02. The Labute approximate surface area is 139 Å². The Balaban J connectivity index is 1.71. The number of oxazole rings is 1. The van der Waals surface area contributed by atoms with Crippen molar-refractivity contribution < 1.29 is 9.21 Å². The van der Waals surface area contributed by atoms with Gasteiger partial charge in [-0.05, 0) is 42.0 Å². The van der Waals surface area contributed by atoms with Crippen LogP contribution >= 0.6 is 0 Å². The lowest BCUT2D eigenvalue weighted by molar-refractivity contribution is 0.0951. The van der Waals surface area contributed by atoms with Crippen molar-refractivity contribution in [1.82, 2.24) is 9.88 Å². The molecule has 0 saturated carbocycles. The van der Waals surface area contributed by atoms with Crippen molar-refractivity contribution in [2.75, 3.05) is 19.0 Å². The molecule has 6 nitrogen and oxygen atoms in total. The Morgan fingerprint density at radius 2 is 1.88 bits per heavy atom. The summed E-state index contributed by atoms with van der Waals surface area (Å²) in [5.74, 6) is -0.534. The van der Waals surface area contributed by atoms with E-state index in [4.69, 9.17) is 4.42 Å². The molecule has 0 radical (unpaired) electrons. The maximum absolute atomic E-state index is 12.2. The van der Waals surface area contributed by atoms with E-state index in [9.17, 15) is 9.59 Å². The molecule has 3 rings (SSSR count). The van der Waals surface area contributed by atoms with Crippen LogP contribution in [0.3, 0.4) is 0 Å². The predicted molar refractivity (Wildman–Crippen MR) is 93.4 cm³/mol. The van der Waals surface area contributed by atoms with Gasteiger partial charge in [0.1, 0.15) is 0 Å². The topological polar surface area (TPSA) is 67.5 Å². The van der Waals surface area contributed by atoms with Gasteiger partial charge in [-0.25, -0.2) is 4.79 Å². The number of hydrogen-bond donors (Lipinski definition) is 1. The van der Waals surface area contributed by atoms with Crippen LogP contribution in [0.25, 0.3) is 11.1 Å². The average molecular weight is 325 g/mol. The summed E-state index contributed by atoms with van der Waals surface area (Å²) in [6.45, 7) is 0.379. The highest BCUT2D eigenvalue weighted by Crippen LogP contribution is 2.15. The van der Waals surface area contributed by atoms with E-state index in [1.807, 2.05) is 43.3 Å². The molecule has 0 saturated heterocycles. The van der Waals surface area contributed by atoms with Crippen molar-refractivity contribution in [3.05, 3.63) is 64.1 Å². The third-order valence-electron chi connectivity index (χ3n) is 3.95. The number of rotatable bonds is 4. The molecule has 6 heteroatoms. The number of aromatic nitrogens is 1. The number of carbonyl (C=O) groups is 1. The molecule has 0 atom stereocenters. The number of aryl methyl sites for hydroxylation is 1. The Morgan fingerprint density at radius 3 is 2.54 bits per heavy atom. The largest absolute Gasteiger partial charge is 0.419 e. The Kier molecular flexibility index (Phi) is 4.12. The normalized spacial score (nSPS) is 10.8. The SMILES string of the molecule is CN(C)c1ccc(C(=O)NCc2ccc3oc(=O)n(C)c3c2)cc1. The summed E-state index contributed by atoms with van der Waals surface area (Å²) in [7, 11) is 5.56. The van der Waals surface area contributed by atoms with Crippen molar-refractivity contribution >= 4 is 22.7 Å². The molecule has 0 fully saturated rings. The second-order valence-corrected chi connectivity index (χ2v) is 5.85. The number of fused-ring (bicyclic) bond motifs is 1. The third-order valence-corrected chi connectivity index (χ3v) is 3.95. The second kappa shape index (κ2) is 6.23. The summed E-state index contributed by atoms with van der Waals surface area (Å²) in [4.78, 5) is 25.7. The predicted octanol–water partition coefficient (Wildman–Crippen LogP) is 2.13. The lowest BCUT2D eigenvalue weighted by atomic mass is 10.1. The molecule has 1 N–H and O–H groups in total. The third kappa shape index (κ3) is 3.03. The van der Waals surface area contributed by atoms with E-state index in [0.717, 1.165) is 11.3 Å². The fraction of sp³-hybridized carbons (Fsp3) is 0.222. The van der Waals surface area contributed by atoms with Crippen molar-refractivity contribution in [2.24, 2.45) is 7.05 Å². The van der Waals surface area contributed by atoms with Crippen LogP contribution in [-0.2, 0) is 13.6 Å². The first-order valence-electron chi connectivity index (χ1n) is 7.60. The van der Waals surface area contributed by atoms with Gasteiger partial charge in [-0.1, -0.05) is 6.07 Å². The van der Waals surface area contributed by atoms with Gasteiger partial charge in [-0.15, -0.1) is 0 Å². The molecule has 124 valence electrons. The summed E-state index contributed by atoms with van der Waals surface area (Å²) in [5.41, 5.74) is 3.80. The minimum absolute atomic E-state index is 0.138. The lowest BCUT2D eigenvalue weighted by Gasteiger charge is -2.12. The van der Waals surface area contributed by atoms with Crippen LogP contribution in [0.15, 0.2) is 51.7 Å². The van der Waals surface area contributed by atoms with Crippen LogP contribution in [0, 0.1) is 0 Å². The number of carbonyl (C=O) groups excluding carboxylic acids is 1. The number of nitrogens with one attached hydrogen (secondary N) is 1. The van der Waals surface area contributed by atoms with Crippen LogP contribution in [0.2, 0.25) is 0 Å². The summed E-state index contributed by atoms with van der Waals surface area (Å²) < 4.78 is 6.54. The minimum Gasteiger partial charge on any atom is -0.408 e. The van der Waals surface area contributed by atoms with Gasteiger partial charge in [0.15, 0.2) is 5.58 Å². The van der Waals surface area contributed by atoms with Crippen LogP contribution < -0.4 is 16.0 Å². The van der Waals surface area contributed by atoms with Crippen molar-refractivity contribution in [3.8, 4) is 0 Å². The number of nitrogens with zero attached hydrogens (tertiary/aromatic N) is 2. The smallest absolute Gasteiger partial charge is 0.408 e. The van der Waals surface area contributed by atoms with E-state index in [2.05, 4.69) is 5.32 Å². The number of amides is 1. The number of anilines is 1. The summed E-state index contributed by atoms with van der Waals surface area (Å²) in [6, 6.07) is 12.8. The molecule has 24 heavy (non-hydrogen) atoms. The molecule has 0 unspecified atom stereocenters. The maximum Gasteiger partial charge on any atom is 0.419 e. The average Bonchev–Trinajstić information content (AvgIpc) is 2.87. The fourth-order valence-electron chi connectivity index (χ4n) is 2.48. The zero-order valence-electron chi connectivity index (χ0n) is 13.9. The van der Waals surface area contributed by atoms with Gasteiger partial charge in [-0.3, -0.25) is 9.36 Å². The molecule has 1 aromatic heterocycles. The maximum atomic E-state index is 12.2. The highest BCUT2D eigenvalue weighted by atomic mass is 16.4. The molecular formula is C18H19N3O3. The van der Waals surface area contributed by atoms with Crippen molar-refractivity contribution in [2.45, 2.75) is 6.54 Å². The van der Waals surface area contributed by atoms with E-state index < -0.39 is 5.76 Å². The van der Waals surface area contributed by atoms with Gasteiger partial charge < -0.3 is 14.6 Å². The van der Waals surface area contributed by atoms with Crippen LogP contribution in [-0.4, -0.2) is 24.6 Å². The van der Waals surface area contributed by atoms with Gasteiger partial charge in [0, 0.05) is 38.9 Å². The van der Waals surface area contributed by atoms with E-state index in [1.54, 1.807) is 25.2 Å². The highest BCUT2D eigenvalue weighted by Gasteiger charge is 2.09. The summed E-state index contributed by atoms with van der Waals surface area (Å²) in [6.07, 6.45) is 0. The Bertz CT molecular complexity index is 936. The first-order chi connectivity index (χ1) is 11.5. The van der Waals surface area contributed by atoms with E-state index in [1.165, 1.54) is 4.57 Å². The zero-order chi connectivity index (χ0) is 17.3. The standard InChI is InChI=1S/C18H19N3O3/c1-20(2)14-7-5-13(6-8-14)17(22)19-11-12-4-9-16-15(10-12)21(3)18(23)24-16/h4-10H,11H2,1-3H3,(H,19,22). The van der Waals surface area contributed by atoms with E-state index in [0.29, 0.717) is 23.2 Å². The molecule has 0 aliphatic carbocycles. The van der Waals surface area contributed by atoms with Gasteiger partial charge in [0.05, 0.1) is 5.52 Å². The second-order valence-electron chi connectivity index (χ2n) is 5.85. The molecule has 1 amide bonds. The molecule has 0 bridgehead atoms. The number of hydrogen-bond acceptors (Lipinski definition) is 4. The molecule has 1 heterocycles. The zero-order valence-corrected chi connectivity index (χ0v) is 13.9. The molecule has 0 aliphatic rings. The first-order valence-corrected chi connectivity index (χ1v) is 7.60. The molecular weight excluding hydrogens is 306 g/mol. The highest BCUT2D eigenvalue weighted by molar-refractivity contribution is 5.94. The van der Waals surface area contributed by atoms with Crippen molar-refractivity contribution in [1.29, 1.82) is 0 Å². The van der Waals surface area contributed by atoms with E-state index in [-0.39, 0.29) is 5.91 Å². The van der Waals surface area contributed by atoms with Gasteiger partial charge in [0.2, 0.25) is 0 Å². The molecule has 0 spiro atoms. The molecule has 2 aromatic carbocycles. The van der Waals surface area contributed by atoms with Gasteiger partial charge in [0.25, 0.3) is 5.91 Å². The van der Waals surface area contributed by atoms with Crippen LogP contribution in [0.4, 0.5) is 5.69 Å². The first kappa shape index (κ1) is 15.9. The summed E-state index contributed by atoms with van der Waals surface area (Å²) in [5, 5.41) is 2.88. The molecule has 3 aromatic rings. The van der Waals surface area contributed by atoms with E-state index >= 15 is 0 Å². The van der Waals surface area contributed by atoms with Gasteiger partial charge in [-0.2, -0.15) is 0 Å². The van der Waals surface area contributed by atoms with Crippen LogP contribution in [0.5, 0.6) is 0 Å². The van der Waals surface area contributed by atoms with Gasteiger partial charge >= 0.3 is 5.76 Å². The summed E-state index contributed by atoms with van der Waals surface area (Å²) >= 11 is 0. The number of benzene rings is 2. The Morgan fingerprint density at radius 1 is 1.17 bits per heavy atom. The van der Waals surface area contributed by atoms with Crippen LogP contribution in [0.1, 0.15) is 15.9 Å². The monoisotopic (exact) mass is 325 g/mol. The fourth-order valence-corrected chi connectivity index (χ4v) is 2.48. The molecule has 0 aliphatic heterocycles. The lowest BCUT2D eigenvalue weighted by Crippen LogP contribution is -2.22.